The standard InChI is InChI=1S/C16H18N2O3/c1-11-14(16(20)21)13(8-9-18(11)2)15(19)17-10-12-6-4-3-5-7-12/h3-9,11H,10H2,1-2H3,(H,17,19)(H,20,21). The van der Waals surface area contributed by atoms with Gasteiger partial charge < -0.3 is 15.3 Å². The van der Waals surface area contributed by atoms with E-state index >= 15 is 0 Å². The molecule has 110 valence electrons. The lowest BCUT2D eigenvalue weighted by Crippen LogP contribution is -2.36. The maximum absolute atomic E-state index is 12.2. The topological polar surface area (TPSA) is 69.6 Å². The summed E-state index contributed by atoms with van der Waals surface area (Å²) in [6.07, 6.45) is 3.26. The van der Waals surface area contributed by atoms with Crippen LogP contribution in [0.4, 0.5) is 0 Å². The van der Waals surface area contributed by atoms with Gasteiger partial charge in [0.1, 0.15) is 0 Å². The molecule has 1 aromatic rings. The van der Waals surface area contributed by atoms with Gasteiger partial charge in [0.15, 0.2) is 0 Å². The molecule has 2 N–H and O–H groups in total. The fourth-order valence-electron chi connectivity index (χ4n) is 2.20. The van der Waals surface area contributed by atoms with Crippen LogP contribution >= 0.6 is 0 Å². The average molecular weight is 286 g/mol. The molecule has 0 saturated heterocycles. The summed E-state index contributed by atoms with van der Waals surface area (Å²) >= 11 is 0. The minimum absolute atomic E-state index is 0.116. The van der Waals surface area contributed by atoms with Crippen molar-refractivity contribution < 1.29 is 14.7 Å². The van der Waals surface area contributed by atoms with Crippen LogP contribution in [-0.4, -0.2) is 35.0 Å². The molecule has 5 heteroatoms. The second kappa shape index (κ2) is 6.26. The van der Waals surface area contributed by atoms with E-state index in [-0.39, 0.29) is 23.1 Å². The minimum Gasteiger partial charge on any atom is -0.478 e. The monoisotopic (exact) mass is 286 g/mol. The number of benzene rings is 1. The number of carboxylic acid groups (broad SMARTS) is 1. The number of nitrogens with zero attached hydrogens (tertiary/aromatic N) is 1. The van der Waals surface area contributed by atoms with Crippen LogP contribution in [0.1, 0.15) is 12.5 Å². The lowest BCUT2D eigenvalue weighted by atomic mass is 9.97. The normalized spacial score (nSPS) is 17.8. The molecule has 1 amide bonds. The van der Waals surface area contributed by atoms with Crippen LogP contribution in [0.2, 0.25) is 0 Å². The molecular weight excluding hydrogens is 268 g/mol. The molecular formula is C16H18N2O3. The molecule has 0 bridgehead atoms. The molecule has 1 unspecified atom stereocenters. The summed E-state index contributed by atoms with van der Waals surface area (Å²) < 4.78 is 0. The van der Waals surface area contributed by atoms with E-state index in [0.29, 0.717) is 6.54 Å². The Morgan fingerprint density at radius 2 is 1.95 bits per heavy atom. The zero-order valence-electron chi connectivity index (χ0n) is 12.0. The van der Waals surface area contributed by atoms with E-state index in [9.17, 15) is 14.7 Å². The summed E-state index contributed by atoms with van der Waals surface area (Å²) in [6.45, 7) is 2.13. The van der Waals surface area contributed by atoms with Gasteiger partial charge in [-0.3, -0.25) is 4.79 Å². The molecule has 0 aliphatic carbocycles. The number of rotatable bonds is 4. The summed E-state index contributed by atoms with van der Waals surface area (Å²) in [6, 6.07) is 9.14. The first kappa shape index (κ1) is 14.8. The smallest absolute Gasteiger partial charge is 0.334 e. The van der Waals surface area contributed by atoms with Crippen LogP contribution in [0.5, 0.6) is 0 Å². The van der Waals surface area contributed by atoms with Crippen molar-refractivity contribution in [2.75, 3.05) is 7.05 Å². The van der Waals surface area contributed by atoms with E-state index in [2.05, 4.69) is 5.32 Å². The highest BCUT2D eigenvalue weighted by Gasteiger charge is 2.28. The Morgan fingerprint density at radius 3 is 2.57 bits per heavy atom. The number of carboxylic acids is 1. The molecule has 0 aromatic heterocycles. The Morgan fingerprint density at radius 1 is 1.29 bits per heavy atom. The van der Waals surface area contributed by atoms with Crippen molar-refractivity contribution in [3.05, 3.63) is 59.3 Å². The highest BCUT2D eigenvalue weighted by molar-refractivity contribution is 6.05. The van der Waals surface area contributed by atoms with E-state index < -0.39 is 5.97 Å². The summed E-state index contributed by atoms with van der Waals surface area (Å²) in [5, 5.41) is 12.1. The van der Waals surface area contributed by atoms with Crippen molar-refractivity contribution in [1.29, 1.82) is 0 Å². The first-order valence-corrected chi connectivity index (χ1v) is 6.70. The van der Waals surface area contributed by atoms with E-state index in [1.165, 1.54) is 0 Å². The number of carbonyl (C=O) groups is 2. The fraction of sp³-hybridized carbons (Fsp3) is 0.250. The summed E-state index contributed by atoms with van der Waals surface area (Å²) in [5.74, 6) is -1.43. The van der Waals surface area contributed by atoms with Crippen LogP contribution < -0.4 is 5.32 Å². The van der Waals surface area contributed by atoms with Crippen molar-refractivity contribution in [3.8, 4) is 0 Å². The van der Waals surface area contributed by atoms with Crippen molar-refractivity contribution in [1.82, 2.24) is 10.2 Å². The lowest BCUT2D eigenvalue weighted by molar-refractivity contribution is -0.133. The number of hydrogen-bond donors (Lipinski definition) is 2. The summed E-state index contributed by atoms with van der Waals surface area (Å²) in [5.41, 5.74) is 1.29. The predicted octanol–water partition coefficient (Wildman–Crippen LogP) is 1.53. The molecule has 0 saturated carbocycles. The van der Waals surface area contributed by atoms with Gasteiger partial charge in [0.25, 0.3) is 5.91 Å². The highest BCUT2D eigenvalue weighted by atomic mass is 16.4. The Hall–Kier alpha value is -2.56. The third-order valence-electron chi connectivity index (χ3n) is 3.57. The Bertz CT molecular complexity index is 605. The minimum atomic E-state index is -1.07. The summed E-state index contributed by atoms with van der Waals surface area (Å²) in [4.78, 5) is 25.4. The largest absolute Gasteiger partial charge is 0.478 e. The van der Waals surface area contributed by atoms with Crippen molar-refractivity contribution in [2.24, 2.45) is 0 Å². The molecule has 0 radical (unpaired) electrons. The second-order valence-corrected chi connectivity index (χ2v) is 4.96. The van der Waals surface area contributed by atoms with Crippen LogP contribution in [-0.2, 0) is 16.1 Å². The maximum Gasteiger partial charge on any atom is 0.334 e. The number of amides is 1. The van der Waals surface area contributed by atoms with Crippen LogP contribution in [0.15, 0.2) is 53.8 Å². The van der Waals surface area contributed by atoms with Gasteiger partial charge in [0, 0.05) is 19.8 Å². The van der Waals surface area contributed by atoms with Crippen molar-refractivity contribution in [2.45, 2.75) is 19.5 Å². The first-order valence-electron chi connectivity index (χ1n) is 6.70. The molecule has 2 rings (SSSR count). The third-order valence-corrected chi connectivity index (χ3v) is 3.57. The molecule has 1 aliphatic heterocycles. The average Bonchev–Trinajstić information content (AvgIpc) is 2.48. The molecule has 1 heterocycles. The van der Waals surface area contributed by atoms with Crippen molar-refractivity contribution >= 4 is 11.9 Å². The quantitative estimate of drug-likeness (QED) is 0.880. The molecule has 0 spiro atoms. The van der Waals surface area contributed by atoms with Gasteiger partial charge in [0.2, 0.25) is 0 Å². The van der Waals surface area contributed by atoms with E-state index in [0.717, 1.165) is 5.56 Å². The second-order valence-electron chi connectivity index (χ2n) is 4.96. The molecule has 0 fully saturated rings. The Balaban J connectivity index is 2.16. The maximum atomic E-state index is 12.2. The highest BCUT2D eigenvalue weighted by Crippen LogP contribution is 2.21. The third kappa shape index (κ3) is 3.31. The number of carbonyl (C=O) groups excluding carboxylic acids is 1. The van der Waals surface area contributed by atoms with Crippen LogP contribution in [0.25, 0.3) is 0 Å². The number of aliphatic carboxylic acids is 1. The number of hydrogen-bond acceptors (Lipinski definition) is 3. The van der Waals surface area contributed by atoms with Crippen LogP contribution in [0, 0.1) is 0 Å². The molecule has 1 aliphatic rings. The van der Waals surface area contributed by atoms with Gasteiger partial charge >= 0.3 is 5.97 Å². The van der Waals surface area contributed by atoms with E-state index in [1.54, 1.807) is 31.1 Å². The number of likely N-dealkylation sites (N-methyl/N-ethyl adjacent to an activating group) is 1. The fourth-order valence-corrected chi connectivity index (χ4v) is 2.20. The van der Waals surface area contributed by atoms with Gasteiger partial charge in [-0.2, -0.15) is 0 Å². The molecule has 21 heavy (non-hydrogen) atoms. The van der Waals surface area contributed by atoms with Gasteiger partial charge in [-0.25, -0.2) is 4.79 Å². The SMILES string of the molecule is CC1C(C(=O)O)=C(C(=O)NCc2ccccc2)C=CN1C. The van der Waals surface area contributed by atoms with Crippen molar-refractivity contribution in [3.63, 3.8) is 0 Å². The zero-order valence-corrected chi connectivity index (χ0v) is 12.0. The molecule has 1 atom stereocenters. The Labute approximate surface area is 123 Å². The lowest BCUT2D eigenvalue weighted by Gasteiger charge is -2.28. The Kier molecular flexibility index (Phi) is 4.42. The van der Waals surface area contributed by atoms with E-state index in [1.807, 2.05) is 30.3 Å². The first-order chi connectivity index (χ1) is 10.0. The van der Waals surface area contributed by atoms with Gasteiger partial charge in [-0.15, -0.1) is 0 Å². The predicted molar refractivity (Wildman–Crippen MR) is 79.3 cm³/mol. The van der Waals surface area contributed by atoms with Gasteiger partial charge in [-0.1, -0.05) is 30.3 Å². The zero-order chi connectivity index (χ0) is 15.4. The number of nitrogens with one attached hydrogen (secondary N) is 1. The van der Waals surface area contributed by atoms with Gasteiger partial charge in [-0.05, 0) is 18.6 Å². The van der Waals surface area contributed by atoms with Crippen LogP contribution in [0.3, 0.4) is 0 Å². The van der Waals surface area contributed by atoms with Gasteiger partial charge in [0.05, 0.1) is 17.2 Å². The molecule has 5 nitrogen and oxygen atoms in total. The van der Waals surface area contributed by atoms with E-state index in [4.69, 9.17) is 0 Å². The summed E-state index contributed by atoms with van der Waals surface area (Å²) in [7, 11) is 1.78. The molecule has 1 aromatic carbocycles.